The summed E-state index contributed by atoms with van der Waals surface area (Å²) in [6.45, 7) is 5.12. The molecule has 1 saturated carbocycles. The number of aryl methyl sites for hydroxylation is 1. The first-order valence-electron chi connectivity index (χ1n) is 11.1. The number of aromatic nitrogens is 2. The summed E-state index contributed by atoms with van der Waals surface area (Å²) in [6.07, 6.45) is 6.67. The molecule has 158 valence electrons. The average Bonchev–Trinajstić information content (AvgIpc) is 3.44. The number of piperidine rings is 1. The van der Waals surface area contributed by atoms with Crippen LogP contribution in [0.2, 0.25) is 0 Å². The first-order chi connectivity index (χ1) is 14.4. The van der Waals surface area contributed by atoms with Gasteiger partial charge in [-0.15, -0.1) is 0 Å². The number of carbonyl (C=O) groups excluding carboxylic acids is 2. The van der Waals surface area contributed by atoms with Gasteiger partial charge < -0.3 is 9.80 Å². The maximum Gasteiger partial charge on any atom is 0.257 e. The molecular formula is C24H30N4O2. The number of hydrogen-bond acceptors (Lipinski definition) is 3. The molecule has 2 fully saturated rings. The minimum Gasteiger partial charge on any atom is -0.342 e. The summed E-state index contributed by atoms with van der Waals surface area (Å²) in [6, 6.07) is 8.10. The largest absolute Gasteiger partial charge is 0.342 e. The van der Waals surface area contributed by atoms with Crippen molar-refractivity contribution in [3.63, 3.8) is 0 Å². The Labute approximate surface area is 177 Å². The molecule has 0 bridgehead atoms. The summed E-state index contributed by atoms with van der Waals surface area (Å²) in [7, 11) is 1.89. The van der Waals surface area contributed by atoms with Crippen LogP contribution in [0.4, 0.5) is 0 Å². The van der Waals surface area contributed by atoms with Gasteiger partial charge in [-0.1, -0.05) is 24.3 Å². The van der Waals surface area contributed by atoms with Crippen molar-refractivity contribution in [1.29, 1.82) is 0 Å². The lowest BCUT2D eigenvalue weighted by molar-refractivity contribution is -0.132. The van der Waals surface area contributed by atoms with E-state index < -0.39 is 0 Å². The molecule has 6 nitrogen and oxygen atoms in total. The maximum absolute atomic E-state index is 12.9. The Morgan fingerprint density at radius 1 is 1.20 bits per heavy atom. The zero-order valence-corrected chi connectivity index (χ0v) is 17.9. The van der Waals surface area contributed by atoms with Gasteiger partial charge in [0.1, 0.15) is 0 Å². The van der Waals surface area contributed by atoms with Gasteiger partial charge in [0.05, 0.1) is 17.7 Å². The van der Waals surface area contributed by atoms with Crippen LogP contribution in [-0.4, -0.2) is 58.1 Å². The molecule has 2 aliphatic heterocycles. The van der Waals surface area contributed by atoms with Gasteiger partial charge in [0.2, 0.25) is 5.91 Å². The number of rotatable bonds is 4. The van der Waals surface area contributed by atoms with Gasteiger partial charge in [-0.3, -0.25) is 14.3 Å². The molecule has 2 aromatic rings. The second kappa shape index (κ2) is 7.25. The van der Waals surface area contributed by atoms with Crippen molar-refractivity contribution in [2.75, 3.05) is 26.7 Å². The zero-order chi connectivity index (χ0) is 20.9. The summed E-state index contributed by atoms with van der Waals surface area (Å²) in [4.78, 5) is 29.5. The van der Waals surface area contributed by atoms with Crippen LogP contribution in [0.25, 0.3) is 0 Å². The van der Waals surface area contributed by atoms with Crippen molar-refractivity contribution in [3.8, 4) is 0 Å². The zero-order valence-electron chi connectivity index (χ0n) is 17.9. The van der Waals surface area contributed by atoms with Crippen molar-refractivity contribution >= 4 is 11.8 Å². The van der Waals surface area contributed by atoms with E-state index in [4.69, 9.17) is 5.10 Å². The fourth-order valence-corrected chi connectivity index (χ4v) is 5.10. The lowest BCUT2D eigenvalue weighted by Gasteiger charge is -2.45. The number of likely N-dealkylation sites (N-methyl/N-ethyl adjacent to an activating group) is 1. The van der Waals surface area contributed by atoms with Gasteiger partial charge in [-0.25, -0.2) is 0 Å². The topological polar surface area (TPSA) is 58.4 Å². The Bertz CT molecular complexity index is 983. The Balaban J connectivity index is 1.33. The van der Waals surface area contributed by atoms with E-state index in [9.17, 15) is 9.59 Å². The number of fused-ring (bicyclic) bond motifs is 2. The molecule has 1 spiro atoms. The SMILES string of the molecule is Cc1ccccc1CC(=O)N1CCC2(CC1)CN(C)C(=O)c1cn(CC3CC3)nc12. The van der Waals surface area contributed by atoms with Crippen molar-refractivity contribution < 1.29 is 9.59 Å². The van der Waals surface area contributed by atoms with Gasteiger partial charge in [-0.05, 0) is 49.7 Å². The maximum atomic E-state index is 12.9. The average molecular weight is 407 g/mol. The van der Waals surface area contributed by atoms with Gasteiger partial charge in [0.25, 0.3) is 5.91 Å². The van der Waals surface area contributed by atoms with Gasteiger partial charge in [0, 0.05) is 44.8 Å². The standard InChI is InChI=1S/C24H30N4O2/c1-17-5-3-4-6-19(17)13-21(29)27-11-9-24(10-12-27)16-26(2)23(30)20-15-28(25-22(20)24)14-18-7-8-18/h3-6,15,18H,7-14,16H2,1-2H3. The quantitative estimate of drug-likeness (QED) is 0.785. The molecule has 1 saturated heterocycles. The molecular weight excluding hydrogens is 376 g/mol. The van der Waals surface area contributed by atoms with Crippen LogP contribution in [0, 0.1) is 12.8 Å². The second-order valence-corrected chi connectivity index (χ2v) is 9.48. The lowest BCUT2D eigenvalue weighted by atomic mass is 9.72. The van der Waals surface area contributed by atoms with Crippen LogP contribution in [0.5, 0.6) is 0 Å². The Morgan fingerprint density at radius 3 is 2.63 bits per heavy atom. The van der Waals surface area contributed by atoms with E-state index in [0.29, 0.717) is 13.0 Å². The molecule has 1 aliphatic carbocycles. The Hall–Kier alpha value is -2.63. The van der Waals surface area contributed by atoms with E-state index in [1.54, 1.807) is 0 Å². The molecule has 0 radical (unpaired) electrons. The minimum atomic E-state index is -0.133. The number of nitrogens with zero attached hydrogens (tertiary/aromatic N) is 4. The predicted octanol–water partition coefficient (Wildman–Crippen LogP) is 2.79. The van der Waals surface area contributed by atoms with Crippen LogP contribution in [0.3, 0.4) is 0 Å². The fraction of sp³-hybridized carbons (Fsp3) is 0.542. The van der Waals surface area contributed by atoms with Gasteiger partial charge >= 0.3 is 0 Å². The number of amides is 2. The third-order valence-corrected chi connectivity index (χ3v) is 7.20. The third-order valence-electron chi connectivity index (χ3n) is 7.20. The molecule has 0 unspecified atom stereocenters. The molecule has 1 aromatic carbocycles. The highest BCUT2D eigenvalue weighted by Gasteiger charge is 2.47. The van der Waals surface area contributed by atoms with E-state index in [2.05, 4.69) is 13.0 Å². The lowest BCUT2D eigenvalue weighted by Crippen LogP contribution is -2.54. The van der Waals surface area contributed by atoms with Crippen LogP contribution < -0.4 is 0 Å². The van der Waals surface area contributed by atoms with E-state index in [1.807, 2.05) is 45.9 Å². The molecule has 2 amide bonds. The van der Waals surface area contributed by atoms with Gasteiger partial charge in [0.15, 0.2) is 0 Å². The van der Waals surface area contributed by atoms with E-state index in [-0.39, 0.29) is 17.2 Å². The number of likely N-dealkylation sites (tertiary alicyclic amines) is 1. The highest BCUT2D eigenvalue weighted by Crippen LogP contribution is 2.41. The van der Waals surface area contributed by atoms with E-state index >= 15 is 0 Å². The van der Waals surface area contributed by atoms with Gasteiger partial charge in [-0.2, -0.15) is 5.10 Å². The normalized spacial score (nSPS) is 20.5. The molecule has 6 heteroatoms. The highest BCUT2D eigenvalue weighted by atomic mass is 16.2. The van der Waals surface area contributed by atoms with Crippen molar-refractivity contribution in [2.45, 2.75) is 51.0 Å². The molecule has 30 heavy (non-hydrogen) atoms. The Morgan fingerprint density at radius 2 is 1.93 bits per heavy atom. The summed E-state index contributed by atoms with van der Waals surface area (Å²) in [5.41, 5.74) is 3.87. The fourth-order valence-electron chi connectivity index (χ4n) is 5.10. The number of hydrogen-bond donors (Lipinski definition) is 0. The molecule has 3 heterocycles. The minimum absolute atomic E-state index is 0.0794. The smallest absolute Gasteiger partial charge is 0.257 e. The van der Waals surface area contributed by atoms with Crippen molar-refractivity contribution in [1.82, 2.24) is 19.6 Å². The van der Waals surface area contributed by atoms with Crippen LogP contribution in [0.1, 0.15) is 52.9 Å². The Kier molecular flexibility index (Phi) is 4.68. The first kappa shape index (κ1) is 19.3. The summed E-state index contributed by atoms with van der Waals surface area (Å²) in [5, 5.41) is 4.91. The second-order valence-electron chi connectivity index (χ2n) is 9.48. The molecule has 1 aromatic heterocycles. The summed E-state index contributed by atoms with van der Waals surface area (Å²) in [5.74, 6) is 0.991. The number of benzene rings is 1. The summed E-state index contributed by atoms with van der Waals surface area (Å²) >= 11 is 0. The molecule has 0 N–H and O–H groups in total. The highest BCUT2D eigenvalue weighted by molar-refractivity contribution is 5.96. The predicted molar refractivity (Wildman–Crippen MR) is 114 cm³/mol. The summed E-state index contributed by atoms with van der Waals surface area (Å²) < 4.78 is 2.00. The monoisotopic (exact) mass is 406 g/mol. The van der Waals surface area contributed by atoms with Crippen LogP contribution >= 0.6 is 0 Å². The van der Waals surface area contributed by atoms with Crippen LogP contribution in [-0.2, 0) is 23.2 Å². The number of carbonyl (C=O) groups is 2. The first-order valence-corrected chi connectivity index (χ1v) is 11.1. The molecule has 3 aliphatic rings. The van der Waals surface area contributed by atoms with E-state index in [0.717, 1.165) is 60.8 Å². The van der Waals surface area contributed by atoms with Crippen molar-refractivity contribution in [3.05, 3.63) is 52.8 Å². The molecule has 0 atom stereocenters. The van der Waals surface area contributed by atoms with E-state index in [1.165, 1.54) is 12.8 Å². The van der Waals surface area contributed by atoms with Crippen LogP contribution in [0.15, 0.2) is 30.5 Å². The molecule has 5 rings (SSSR count). The third kappa shape index (κ3) is 3.42. The van der Waals surface area contributed by atoms with Crippen molar-refractivity contribution in [2.24, 2.45) is 5.92 Å².